The Hall–Kier alpha value is -2.38. The summed E-state index contributed by atoms with van der Waals surface area (Å²) in [6.07, 6.45) is 1.77. The Morgan fingerprint density at radius 3 is 2.89 bits per heavy atom. The molecule has 0 aliphatic carbocycles. The van der Waals surface area contributed by atoms with E-state index < -0.39 is 0 Å². The molecule has 0 bridgehead atoms. The van der Waals surface area contributed by atoms with Crippen LogP contribution in [0.15, 0.2) is 41.2 Å². The Labute approximate surface area is 169 Å². The van der Waals surface area contributed by atoms with Gasteiger partial charge in [0.05, 0.1) is 11.6 Å². The lowest BCUT2D eigenvalue weighted by Gasteiger charge is -2.33. The molecule has 1 unspecified atom stereocenters. The standard InChI is InChI=1S/C20H26ClN5O2/c1-24(2)12-10-22-20(28)15-5-4-11-25(14-15)18-8-9-19(27)26(23-18)17-7-3-6-16(21)13-17/h3,6-9,13,15H,4-5,10-12,14H2,1-2H3,(H,22,28). The summed E-state index contributed by atoms with van der Waals surface area (Å²) in [6, 6.07) is 10.3. The number of piperidine rings is 1. The monoisotopic (exact) mass is 403 g/mol. The van der Waals surface area contributed by atoms with Crippen molar-refractivity contribution in [2.75, 3.05) is 45.2 Å². The molecular weight excluding hydrogens is 378 g/mol. The second-order valence-electron chi connectivity index (χ2n) is 7.30. The topological polar surface area (TPSA) is 70.5 Å². The van der Waals surface area contributed by atoms with E-state index in [1.165, 1.54) is 10.7 Å². The summed E-state index contributed by atoms with van der Waals surface area (Å²) < 4.78 is 1.35. The van der Waals surface area contributed by atoms with E-state index in [9.17, 15) is 9.59 Å². The first-order valence-corrected chi connectivity index (χ1v) is 9.85. The van der Waals surface area contributed by atoms with Crippen molar-refractivity contribution in [1.29, 1.82) is 0 Å². The maximum atomic E-state index is 12.5. The van der Waals surface area contributed by atoms with Crippen LogP contribution in [-0.4, -0.2) is 60.9 Å². The molecule has 28 heavy (non-hydrogen) atoms. The van der Waals surface area contributed by atoms with Crippen LogP contribution in [0.1, 0.15) is 12.8 Å². The van der Waals surface area contributed by atoms with Crippen molar-refractivity contribution < 1.29 is 4.79 Å². The summed E-state index contributed by atoms with van der Waals surface area (Å²) in [5, 5.41) is 8.08. The van der Waals surface area contributed by atoms with E-state index in [1.807, 2.05) is 19.0 Å². The fourth-order valence-electron chi connectivity index (χ4n) is 3.31. The molecule has 0 saturated carbocycles. The van der Waals surface area contributed by atoms with E-state index in [4.69, 9.17) is 11.6 Å². The lowest BCUT2D eigenvalue weighted by molar-refractivity contribution is -0.125. The number of hydrogen-bond donors (Lipinski definition) is 1. The van der Waals surface area contributed by atoms with E-state index in [1.54, 1.807) is 30.3 Å². The minimum Gasteiger partial charge on any atom is -0.355 e. The number of likely N-dealkylation sites (N-methyl/N-ethyl adjacent to an activating group) is 1. The first-order valence-electron chi connectivity index (χ1n) is 9.48. The maximum Gasteiger partial charge on any atom is 0.271 e. The zero-order chi connectivity index (χ0) is 20.1. The quantitative estimate of drug-likeness (QED) is 0.796. The van der Waals surface area contributed by atoms with E-state index >= 15 is 0 Å². The van der Waals surface area contributed by atoms with Gasteiger partial charge in [-0.3, -0.25) is 9.59 Å². The lowest BCUT2D eigenvalue weighted by Crippen LogP contribution is -2.45. The largest absolute Gasteiger partial charge is 0.355 e. The Morgan fingerprint density at radius 1 is 1.32 bits per heavy atom. The molecule has 1 amide bonds. The van der Waals surface area contributed by atoms with Crippen molar-refractivity contribution in [3.05, 3.63) is 51.8 Å². The van der Waals surface area contributed by atoms with Gasteiger partial charge in [0.25, 0.3) is 5.56 Å². The number of rotatable bonds is 6. The van der Waals surface area contributed by atoms with Gasteiger partial charge in [0.2, 0.25) is 5.91 Å². The summed E-state index contributed by atoms with van der Waals surface area (Å²) in [5.41, 5.74) is 0.398. The number of carbonyl (C=O) groups is 1. The smallest absolute Gasteiger partial charge is 0.271 e. The van der Waals surface area contributed by atoms with Crippen LogP contribution in [0, 0.1) is 5.92 Å². The summed E-state index contributed by atoms with van der Waals surface area (Å²) in [7, 11) is 3.96. The summed E-state index contributed by atoms with van der Waals surface area (Å²) in [5.74, 6) is 0.685. The van der Waals surface area contributed by atoms with Crippen LogP contribution in [0.25, 0.3) is 5.69 Å². The first kappa shape index (κ1) is 20.4. The van der Waals surface area contributed by atoms with E-state index in [0.717, 1.165) is 25.9 Å². The highest BCUT2D eigenvalue weighted by molar-refractivity contribution is 6.30. The number of nitrogens with zero attached hydrogens (tertiary/aromatic N) is 4. The number of aromatic nitrogens is 2. The molecule has 1 aliphatic heterocycles. The summed E-state index contributed by atoms with van der Waals surface area (Å²) in [4.78, 5) is 28.9. The zero-order valence-electron chi connectivity index (χ0n) is 16.3. The Balaban J connectivity index is 1.73. The normalized spacial score (nSPS) is 17.0. The summed E-state index contributed by atoms with van der Waals surface area (Å²) >= 11 is 6.05. The van der Waals surface area contributed by atoms with Crippen LogP contribution in [0.2, 0.25) is 5.02 Å². The average Bonchev–Trinajstić information content (AvgIpc) is 2.68. The third-order valence-electron chi connectivity index (χ3n) is 4.81. The molecule has 1 saturated heterocycles. The molecule has 1 fully saturated rings. The van der Waals surface area contributed by atoms with Crippen LogP contribution in [0.4, 0.5) is 5.82 Å². The van der Waals surface area contributed by atoms with E-state index in [0.29, 0.717) is 29.6 Å². The van der Waals surface area contributed by atoms with Gasteiger partial charge in [0.15, 0.2) is 0 Å². The molecule has 3 rings (SSSR count). The van der Waals surface area contributed by atoms with Crippen LogP contribution in [0.5, 0.6) is 0 Å². The van der Waals surface area contributed by atoms with Crippen LogP contribution < -0.4 is 15.8 Å². The molecule has 1 aromatic heterocycles. The van der Waals surface area contributed by atoms with Gasteiger partial charge in [0.1, 0.15) is 5.82 Å². The lowest BCUT2D eigenvalue weighted by atomic mass is 9.97. The third-order valence-corrected chi connectivity index (χ3v) is 5.05. The Bertz CT molecular complexity index is 883. The number of benzene rings is 1. The van der Waals surface area contributed by atoms with Crippen molar-refractivity contribution in [3.8, 4) is 5.69 Å². The minimum absolute atomic E-state index is 0.0784. The van der Waals surface area contributed by atoms with Crippen LogP contribution >= 0.6 is 11.6 Å². The van der Waals surface area contributed by atoms with Crippen molar-refractivity contribution in [3.63, 3.8) is 0 Å². The number of halogens is 1. The minimum atomic E-state index is -0.221. The van der Waals surface area contributed by atoms with Crippen molar-refractivity contribution >= 4 is 23.3 Å². The van der Waals surface area contributed by atoms with Gasteiger partial charge in [0, 0.05) is 37.3 Å². The highest BCUT2D eigenvalue weighted by atomic mass is 35.5. The second-order valence-corrected chi connectivity index (χ2v) is 7.74. The van der Waals surface area contributed by atoms with Gasteiger partial charge in [-0.1, -0.05) is 17.7 Å². The second kappa shape index (κ2) is 9.21. The fraction of sp³-hybridized carbons (Fsp3) is 0.450. The molecule has 0 radical (unpaired) electrons. The predicted octanol–water partition coefficient (Wildman–Crippen LogP) is 1.78. The first-order chi connectivity index (χ1) is 13.4. The summed E-state index contributed by atoms with van der Waals surface area (Å²) in [6.45, 7) is 2.85. The number of hydrogen-bond acceptors (Lipinski definition) is 5. The van der Waals surface area contributed by atoms with Crippen molar-refractivity contribution in [1.82, 2.24) is 20.0 Å². The Morgan fingerprint density at radius 2 is 2.14 bits per heavy atom. The molecule has 2 aromatic rings. The van der Waals surface area contributed by atoms with Gasteiger partial charge in [-0.05, 0) is 51.2 Å². The zero-order valence-corrected chi connectivity index (χ0v) is 17.0. The molecular formula is C20H26ClN5O2. The fourth-order valence-corrected chi connectivity index (χ4v) is 3.49. The molecule has 8 heteroatoms. The molecule has 7 nitrogen and oxygen atoms in total. The van der Waals surface area contributed by atoms with Crippen molar-refractivity contribution in [2.45, 2.75) is 12.8 Å². The van der Waals surface area contributed by atoms with Gasteiger partial charge in [-0.15, -0.1) is 5.10 Å². The molecule has 2 heterocycles. The number of amides is 1. The molecule has 1 N–H and O–H groups in total. The molecule has 150 valence electrons. The van der Waals surface area contributed by atoms with Gasteiger partial charge >= 0.3 is 0 Å². The van der Waals surface area contributed by atoms with Gasteiger partial charge in [-0.2, -0.15) is 4.68 Å². The van der Waals surface area contributed by atoms with Crippen LogP contribution in [0.3, 0.4) is 0 Å². The average molecular weight is 404 g/mol. The SMILES string of the molecule is CN(C)CCNC(=O)C1CCCN(c2ccc(=O)n(-c3cccc(Cl)c3)n2)C1. The highest BCUT2D eigenvalue weighted by Crippen LogP contribution is 2.22. The van der Waals surface area contributed by atoms with Gasteiger partial charge in [-0.25, -0.2) is 0 Å². The molecule has 1 aliphatic rings. The third kappa shape index (κ3) is 5.11. The number of nitrogens with one attached hydrogen (secondary N) is 1. The predicted molar refractivity (Wildman–Crippen MR) is 111 cm³/mol. The molecule has 0 spiro atoms. The van der Waals surface area contributed by atoms with Crippen LogP contribution in [-0.2, 0) is 4.79 Å². The molecule has 1 atom stereocenters. The van der Waals surface area contributed by atoms with Crippen molar-refractivity contribution in [2.24, 2.45) is 5.92 Å². The number of carbonyl (C=O) groups excluding carboxylic acids is 1. The molecule has 1 aromatic carbocycles. The highest BCUT2D eigenvalue weighted by Gasteiger charge is 2.26. The number of anilines is 1. The van der Waals surface area contributed by atoms with Gasteiger partial charge < -0.3 is 15.1 Å². The van der Waals surface area contributed by atoms with E-state index in [-0.39, 0.29) is 17.4 Å². The Kier molecular flexibility index (Phi) is 6.70. The van der Waals surface area contributed by atoms with E-state index in [2.05, 4.69) is 15.3 Å². The maximum absolute atomic E-state index is 12.5.